The highest BCUT2D eigenvalue weighted by Crippen LogP contribution is 2.38. The van der Waals surface area contributed by atoms with Crippen molar-refractivity contribution in [3.05, 3.63) is 83.6 Å². The zero-order valence-corrected chi connectivity index (χ0v) is 22.6. The minimum Gasteiger partial charge on any atom is -0.484 e. The molecule has 1 atom stereocenters. The highest BCUT2D eigenvalue weighted by Gasteiger charge is 2.27. The molecule has 2 aromatic carbocycles. The fourth-order valence-corrected chi connectivity index (χ4v) is 4.99. The van der Waals surface area contributed by atoms with Gasteiger partial charge in [-0.2, -0.15) is 0 Å². The number of hydrogen-bond donors (Lipinski definition) is 2. The predicted molar refractivity (Wildman–Crippen MR) is 149 cm³/mol. The maximum Gasteiger partial charge on any atom is 0.305 e. The quantitative estimate of drug-likeness (QED) is 0.322. The monoisotopic (exact) mass is 514 g/mol. The van der Waals surface area contributed by atoms with Crippen LogP contribution in [0.5, 0.6) is 5.75 Å². The van der Waals surface area contributed by atoms with Crippen molar-refractivity contribution in [3.63, 3.8) is 0 Å². The number of carboxylic acid groups (broad SMARTS) is 1. The molecule has 1 saturated carbocycles. The summed E-state index contributed by atoms with van der Waals surface area (Å²) in [7, 11) is 0. The average Bonchev–Trinajstić information content (AvgIpc) is 2.92. The summed E-state index contributed by atoms with van der Waals surface area (Å²) in [6.07, 6.45) is 7.42. The summed E-state index contributed by atoms with van der Waals surface area (Å²) >= 11 is 0. The number of carbonyl (C=O) groups excluding carboxylic acids is 1. The Morgan fingerprint density at radius 2 is 1.66 bits per heavy atom. The molecule has 1 aliphatic carbocycles. The van der Waals surface area contributed by atoms with Crippen molar-refractivity contribution in [2.75, 3.05) is 6.54 Å². The van der Waals surface area contributed by atoms with Gasteiger partial charge >= 0.3 is 5.97 Å². The first-order valence-electron chi connectivity index (χ1n) is 13.5. The summed E-state index contributed by atoms with van der Waals surface area (Å²) in [5.41, 5.74) is 4.92. The molecule has 2 N–H and O–H groups in total. The summed E-state index contributed by atoms with van der Waals surface area (Å²) in [5.74, 6) is -0.0907. The fourth-order valence-electron chi connectivity index (χ4n) is 4.99. The number of pyridine rings is 1. The number of carbonyl (C=O) groups is 2. The Morgan fingerprint density at radius 1 is 0.974 bits per heavy atom. The predicted octanol–water partition coefficient (Wildman–Crippen LogP) is 6.95. The molecule has 38 heavy (non-hydrogen) atoms. The first-order valence-corrected chi connectivity index (χ1v) is 13.5. The molecule has 0 spiro atoms. The van der Waals surface area contributed by atoms with E-state index in [2.05, 4.69) is 50.4 Å². The number of hydrogen-bond acceptors (Lipinski definition) is 4. The second-order valence-electron chi connectivity index (χ2n) is 11.2. The van der Waals surface area contributed by atoms with Gasteiger partial charge in [0.15, 0.2) is 0 Å². The van der Waals surface area contributed by atoms with Crippen LogP contribution < -0.4 is 10.1 Å². The van der Waals surface area contributed by atoms with Gasteiger partial charge < -0.3 is 15.2 Å². The van der Waals surface area contributed by atoms with E-state index < -0.39 is 5.97 Å². The molecule has 4 rings (SSSR count). The molecule has 1 heterocycles. The number of amides is 1. The third-order valence-electron chi connectivity index (χ3n) is 7.25. The van der Waals surface area contributed by atoms with Gasteiger partial charge in [-0.25, -0.2) is 0 Å². The van der Waals surface area contributed by atoms with Gasteiger partial charge in [0.05, 0.1) is 18.3 Å². The van der Waals surface area contributed by atoms with Crippen molar-refractivity contribution in [1.29, 1.82) is 0 Å². The zero-order chi connectivity index (χ0) is 27.1. The number of nitrogens with one attached hydrogen (secondary N) is 1. The van der Waals surface area contributed by atoms with Gasteiger partial charge in [0.2, 0.25) is 0 Å². The molecule has 200 valence electrons. The normalized spacial score (nSPS) is 15.0. The van der Waals surface area contributed by atoms with Crippen molar-refractivity contribution >= 4 is 11.9 Å². The molecule has 1 aromatic heterocycles. The van der Waals surface area contributed by atoms with E-state index in [1.54, 1.807) is 18.3 Å². The number of aromatic nitrogens is 1. The molecule has 0 saturated heterocycles. The van der Waals surface area contributed by atoms with E-state index in [1.165, 1.54) is 24.8 Å². The van der Waals surface area contributed by atoms with Gasteiger partial charge in [0.25, 0.3) is 5.91 Å². The number of aliphatic carboxylic acids is 1. The highest BCUT2D eigenvalue weighted by atomic mass is 16.5. The van der Waals surface area contributed by atoms with Crippen molar-refractivity contribution in [1.82, 2.24) is 10.3 Å². The van der Waals surface area contributed by atoms with Crippen LogP contribution in [-0.2, 0) is 10.2 Å². The van der Waals surface area contributed by atoms with Crippen molar-refractivity contribution in [2.24, 2.45) is 5.92 Å². The zero-order valence-electron chi connectivity index (χ0n) is 22.6. The van der Waals surface area contributed by atoms with Gasteiger partial charge in [-0.3, -0.25) is 14.6 Å². The SMILES string of the molecule is CC(C)(C)c1ccc(-c2ccc(OC(c3ccc(C(=O)NCCC(=O)O)cc3)C3CCCCC3)cn2)cc1. The summed E-state index contributed by atoms with van der Waals surface area (Å²) in [6, 6.07) is 20.0. The Morgan fingerprint density at radius 3 is 2.24 bits per heavy atom. The maximum atomic E-state index is 12.4. The second-order valence-corrected chi connectivity index (χ2v) is 11.2. The molecule has 1 unspecified atom stereocenters. The Balaban J connectivity index is 1.48. The largest absolute Gasteiger partial charge is 0.484 e. The molecule has 0 bridgehead atoms. The molecule has 3 aromatic rings. The van der Waals surface area contributed by atoms with E-state index >= 15 is 0 Å². The lowest BCUT2D eigenvalue weighted by atomic mass is 9.82. The number of rotatable bonds is 9. The summed E-state index contributed by atoms with van der Waals surface area (Å²) in [6.45, 7) is 6.73. The van der Waals surface area contributed by atoms with Crippen LogP contribution in [0, 0.1) is 5.92 Å². The van der Waals surface area contributed by atoms with Gasteiger partial charge in [-0.1, -0.05) is 76.4 Å². The average molecular weight is 515 g/mol. The number of benzene rings is 2. The first kappa shape index (κ1) is 27.4. The lowest BCUT2D eigenvalue weighted by Crippen LogP contribution is -2.26. The minimum atomic E-state index is -0.936. The van der Waals surface area contributed by atoms with E-state index in [4.69, 9.17) is 14.8 Å². The van der Waals surface area contributed by atoms with Gasteiger partial charge in [0, 0.05) is 23.6 Å². The number of ether oxygens (including phenoxy) is 1. The van der Waals surface area contributed by atoms with E-state index in [9.17, 15) is 9.59 Å². The fraction of sp³-hybridized carbons (Fsp3) is 0.406. The van der Waals surface area contributed by atoms with E-state index in [0.717, 1.165) is 35.4 Å². The van der Waals surface area contributed by atoms with Crippen LogP contribution in [0.15, 0.2) is 66.9 Å². The van der Waals surface area contributed by atoms with Crippen LogP contribution in [0.1, 0.15) is 86.9 Å². The lowest BCUT2D eigenvalue weighted by molar-refractivity contribution is -0.136. The molecular weight excluding hydrogens is 476 g/mol. The first-order chi connectivity index (χ1) is 18.2. The van der Waals surface area contributed by atoms with Crippen molar-refractivity contribution < 1.29 is 19.4 Å². The summed E-state index contributed by atoms with van der Waals surface area (Å²) in [5, 5.41) is 11.4. The molecule has 0 aliphatic heterocycles. The summed E-state index contributed by atoms with van der Waals surface area (Å²) in [4.78, 5) is 27.8. The molecule has 6 nitrogen and oxygen atoms in total. The van der Waals surface area contributed by atoms with Gasteiger partial charge in [-0.05, 0) is 53.6 Å². The Hall–Kier alpha value is -3.67. The smallest absolute Gasteiger partial charge is 0.305 e. The Kier molecular flexibility index (Phi) is 8.82. The highest BCUT2D eigenvalue weighted by molar-refractivity contribution is 5.94. The summed E-state index contributed by atoms with van der Waals surface area (Å²) < 4.78 is 6.56. The van der Waals surface area contributed by atoms with Crippen LogP contribution in [0.4, 0.5) is 0 Å². The topological polar surface area (TPSA) is 88.5 Å². The molecule has 1 aliphatic rings. The Labute approximate surface area is 225 Å². The molecule has 1 amide bonds. The molecule has 0 radical (unpaired) electrons. The van der Waals surface area contributed by atoms with E-state index in [0.29, 0.717) is 11.5 Å². The van der Waals surface area contributed by atoms with Crippen LogP contribution in [0.3, 0.4) is 0 Å². The third-order valence-corrected chi connectivity index (χ3v) is 7.25. The second kappa shape index (κ2) is 12.2. The van der Waals surface area contributed by atoms with Crippen LogP contribution in [0.2, 0.25) is 0 Å². The van der Waals surface area contributed by atoms with Crippen molar-refractivity contribution in [2.45, 2.75) is 70.8 Å². The van der Waals surface area contributed by atoms with Crippen LogP contribution >= 0.6 is 0 Å². The molecule has 6 heteroatoms. The standard InChI is InChI=1S/C32H38N2O4/c1-32(2,3)26-15-13-22(14-16-26)28-18-17-27(21-34-28)38-30(23-7-5-4-6-8-23)24-9-11-25(12-10-24)31(37)33-20-19-29(35)36/h9-18,21,23,30H,4-8,19-20H2,1-3H3,(H,33,37)(H,35,36). The van der Waals surface area contributed by atoms with Gasteiger partial charge in [0.1, 0.15) is 11.9 Å². The van der Waals surface area contributed by atoms with Gasteiger partial charge in [-0.15, -0.1) is 0 Å². The van der Waals surface area contributed by atoms with Crippen LogP contribution in [0.25, 0.3) is 11.3 Å². The van der Waals surface area contributed by atoms with Crippen LogP contribution in [-0.4, -0.2) is 28.5 Å². The third kappa shape index (κ3) is 7.21. The van der Waals surface area contributed by atoms with E-state index in [-0.39, 0.29) is 30.4 Å². The Bertz CT molecular complexity index is 1210. The number of nitrogens with zero attached hydrogens (tertiary/aromatic N) is 1. The molecule has 1 fully saturated rings. The molecular formula is C32H38N2O4. The number of carboxylic acids is 1. The lowest BCUT2D eigenvalue weighted by Gasteiger charge is -2.31. The minimum absolute atomic E-state index is 0.101. The van der Waals surface area contributed by atoms with Crippen molar-refractivity contribution in [3.8, 4) is 17.0 Å². The van der Waals surface area contributed by atoms with E-state index in [1.807, 2.05) is 24.3 Å². The maximum absolute atomic E-state index is 12.4.